The van der Waals surface area contributed by atoms with E-state index < -0.39 is 0 Å². The third-order valence-electron chi connectivity index (χ3n) is 5.71. The predicted molar refractivity (Wildman–Crippen MR) is 79.7 cm³/mol. The van der Waals surface area contributed by atoms with Crippen LogP contribution in [-0.2, 0) is 0 Å². The molecular formula is C17H33N. The quantitative estimate of drug-likeness (QED) is 0.664. The minimum Gasteiger partial charge on any atom is -0.314 e. The van der Waals surface area contributed by atoms with Crippen LogP contribution in [0.3, 0.4) is 0 Å². The summed E-state index contributed by atoms with van der Waals surface area (Å²) in [5.74, 6) is 4.11. The number of hydrogen-bond acceptors (Lipinski definition) is 1. The van der Waals surface area contributed by atoms with Crippen LogP contribution in [0.2, 0.25) is 0 Å². The van der Waals surface area contributed by atoms with Gasteiger partial charge >= 0.3 is 0 Å². The number of hydrogen-bond donors (Lipinski definition) is 1. The van der Waals surface area contributed by atoms with Gasteiger partial charge in [-0.05, 0) is 62.3 Å². The molecule has 4 atom stereocenters. The fourth-order valence-corrected chi connectivity index (χ4v) is 4.51. The van der Waals surface area contributed by atoms with Crippen molar-refractivity contribution in [1.29, 1.82) is 0 Å². The van der Waals surface area contributed by atoms with Crippen molar-refractivity contribution in [2.75, 3.05) is 6.54 Å². The Labute approximate surface area is 114 Å². The van der Waals surface area contributed by atoms with Gasteiger partial charge in [0, 0.05) is 6.04 Å². The third kappa shape index (κ3) is 3.29. The molecule has 1 nitrogen and oxygen atoms in total. The Morgan fingerprint density at radius 2 is 1.83 bits per heavy atom. The zero-order valence-electron chi connectivity index (χ0n) is 12.8. The second-order valence-electron chi connectivity index (χ2n) is 6.82. The van der Waals surface area contributed by atoms with E-state index in [1.165, 1.54) is 51.5 Å². The lowest BCUT2D eigenvalue weighted by atomic mass is 9.79. The minimum absolute atomic E-state index is 0.824. The first kappa shape index (κ1) is 14.4. The Morgan fingerprint density at radius 3 is 2.33 bits per heavy atom. The second-order valence-corrected chi connectivity index (χ2v) is 6.82. The molecule has 106 valence electrons. The van der Waals surface area contributed by atoms with Crippen molar-refractivity contribution in [1.82, 2.24) is 5.32 Å². The van der Waals surface area contributed by atoms with E-state index in [1.54, 1.807) is 6.42 Å². The maximum Gasteiger partial charge on any atom is 0.0101 e. The first-order chi connectivity index (χ1) is 8.78. The van der Waals surface area contributed by atoms with Gasteiger partial charge < -0.3 is 5.32 Å². The van der Waals surface area contributed by atoms with Gasteiger partial charge in [0.25, 0.3) is 0 Å². The molecule has 2 saturated carbocycles. The molecular weight excluding hydrogens is 218 g/mol. The van der Waals surface area contributed by atoms with Crippen molar-refractivity contribution >= 4 is 0 Å². The van der Waals surface area contributed by atoms with Gasteiger partial charge in [-0.15, -0.1) is 0 Å². The van der Waals surface area contributed by atoms with Crippen LogP contribution in [0.25, 0.3) is 0 Å². The third-order valence-corrected chi connectivity index (χ3v) is 5.71. The summed E-state index contributed by atoms with van der Waals surface area (Å²) in [6.07, 6.45) is 11.6. The fourth-order valence-electron chi connectivity index (χ4n) is 4.51. The largest absolute Gasteiger partial charge is 0.314 e. The van der Waals surface area contributed by atoms with Gasteiger partial charge in [-0.25, -0.2) is 0 Å². The minimum atomic E-state index is 0.824. The van der Waals surface area contributed by atoms with E-state index in [0.717, 1.165) is 29.7 Å². The molecule has 0 heterocycles. The Balaban J connectivity index is 1.91. The summed E-state index contributed by atoms with van der Waals surface area (Å²) >= 11 is 0. The molecule has 2 rings (SSSR count). The molecule has 2 fully saturated rings. The van der Waals surface area contributed by atoms with E-state index in [1.807, 2.05) is 0 Å². The van der Waals surface area contributed by atoms with Crippen molar-refractivity contribution in [3.63, 3.8) is 0 Å². The summed E-state index contributed by atoms with van der Waals surface area (Å²) in [6, 6.07) is 0.824. The van der Waals surface area contributed by atoms with Crippen molar-refractivity contribution in [2.45, 2.75) is 78.2 Å². The van der Waals surface area contributed by atoms with Crippen LogP contribution < -0.4 is 5.32 Å². The topological polar surface area (TPSA) is 12.0 Å². The van der Waals surface area contributed by atoms with Gasteiger partial charge in [0.1, 0.15) is 0 Å². The van der Waals surface area contributed by atoms with Crippen molar-refractivity contribution in [3.05, 3.63) is 0 Å². The second kappa shape index (κ2) is 6.93. The first-order valence-electron chi connectivity index (χ1n) is 8.51. The molecule has 1 N–H and O–H groups in total. The zero-order valence-corrected chi connectivity index (χ0v) is 12.8. The molecule has 0 aromatic rings. The lowest BCUT2D eigenvalue weighted by Crippen LogP contribution is -2.40. The van der Waals surface area contributed by atoms with Crippen LogP contribution in [0.1, 0.15) is 72.1 Å². The summed E-state index contributed by atoms with van der Waals surface area (Å²) in [4.78, 5) is 0. The summed E-state index contributed by atoms with van der Waals surface area (Å²) in [6.45, 7) is 8.25. The first-order valence-corrected chi connectivity index (χ1v) is 8.51. The predicted octanol–water partition coefficient (Wildman–Crippen LogP) is 4.62. The van der Waals surface area contributed by atoms with E-state index in [4.69, 9.17) is 0 Å². The summed E-state index contributed by atoms with van der Waals surface area (Å²) in [5.41, 5.74) is 0. The Kier molecular flexibility index (Phi) is 5.54. The van der Waals surface area contributed by atoms with Crippen LogP contribution in [0, 0.1) is 23.7 Å². The monoisotopic (exact) mass is 251 g/mol. The Morgan fingerprint density at radius 1 is 1.06 bits per heavy atom. The highest BCUT2D eigenvalue weighted by Crippen LogP contribution is 2.50. The molecule has 2 aliphatic carbocycles. The van der Waals surface area contributed by atoms with Gasteiger partial charge in [-0.1, -0.05) is 40.0 Å². The van der Waals surface area contributed by atoms with Crippen LogP contribution in [0.4, 0.5) is 0 Å². The normalized spacial score (nSPS) is 32.3. The lowest BCUT2D eigenvalue weighted by Gasteiger charge is -2.33. The average Bonchev–Trinajstić information content (AvgIpc) is 3.01. The molecule has 0 aromatic heterocycles. The molecule has 2 aliphatic rings. The Hall–Kier alpha value is -0.0400. The molecule has 2 bridgehead atoms. The van der Waals surface area contributed by atoms with Gasteiger partial charge in [-0.2, -0.15) is 0 Å². The molecule has 0 aliphatic heterocycles. The fraction of sp³-hybridized carbons (Fsp3) is 1.00. The van der Waals surface area contributed by atoms with Crippen LogP contribution in [0.15, 0.2) is 0 Å². The van der Waals surface area contributed by atoms with Crippen molar-refractivity contribution in [2.24, 2.45) is 23.7 Å². The van der Waals surface area contributed by atoms with Gasteiger partial charge in [0.2, 0.25) is 0 Å². The highest BCUT2D eigenvalue weighted by molar-refractivity contribution is 4.95. The van der Waals surface area contributed by atoms with Crippen molar-refractivity contribution < 1.29 is 0 Å². The van der Waals surface area contributed by atoms with E-state index >= 15 is 0 Å². The SMILES string of the molecule is CCCNC(CC(CC)CC)C1CC2CCC1C2. The van der Waals surface area contributed by atoms with Crippen LogP contribution in [-0.4, -0.2) is 12.6 Å². The van der Waals surface area contributed by atoms with E-state index in [9.17, 15) is 0 Å². The molecule has 0 spiro atoms. The van der Waals surface area contributed by atoms with Gasteiger partial charge in [0.05, 0.1) is 0 Å². The summed E-state index contributed by atoms with van der Waals surface area (Å²) < 4.78 is 0. The molecule has 0 radical (unpaired) electrons. The number of nitrogens with one attached hydrogen (secondary N) is 1. The van der Waals surface area contributed by atoms with Crippen LogP contribution in [0.5, 0.6) is 0 Å². The molecule has 4 unspecified atom stereocenters. The van der Waals surface area contributed by atoms with E-state index in [2.05, 4.69) is 26.1 Å². The van der Waals surface area contributed by atoms with Gasteiger partial charge in [0.15, 0.2) is 0 Å². The molecule has 1 heteroatoms. The maximum absolute atomic E-state index is 3.90. The number of fused-ring (bicyclic) bond motifs is 2. The maximum atomic E-state index is 3.90. The highest BCUT2D eigenvalue weighted by Gasteiger charge is 2.42. The zero-order chi connectivity index (χ0) is 13.0. The summed E-state index contributed by atoms with van der Waals surface area (Å²) in [5, 5.41) is 3.90. The summed E-state index contributed by atoms with van der Waals surface area (Å²) in [7, 11) is 0. The number of rotatable bonds is 8. The molecule has 0 saturated heterocycles. The lowest BCUT2D eigenvalue weighted by molar-refractivity contribution is 0.213. The molecule has 0 aromatic carbocycles. The van der Waals surface area contributed by atoms with E-state index in [-0.39, 0.29) is 0 Å². The highest BCUT2D eigenvalue weighted by atomic mass is 14.9. The van der Waals surface area contributed by atoms with E-state index in [0.29, 0.717) is 0 Å². The smallest absolute Gasteiger partial charge is 0.0101 e. The molecule has 18 heavy (non-hydrogen) atoms. The standard InChI is InChI=1S/C17H33N/c1-4-9-18-17(12-13(5-2)6-3)16-11-14-7-8-15(16)10-14/h13-18H,4-12H2,1-3H3. The Bertz CT molecular complexity index is 234. The van der Waals surface area contributed by atoms with Gasteiger partial charge in [-0.3, -0.25) is 0 Å². The molecule has 0 amide bonds. The van der Waals surface area contributed by atoms with Crippen LogP contribution >= 0.6 is 0 Å². The average molecular weight is 251 g/mol. The van der Waals surface area contributed by atoms with Crippen molar-refractivity contribution in [3.8, 4) is 0 Å².